The Bertz CT molecular complexity index is 117. The van der Waals surface area contributed by atoms with Crippen LogP contribution < -0.4 is 0 Å². The van der Waals surface area contributed by atoms with E-state index in [2.05, 4.69) is 20.8 Å². The summed E-state index contributed by atoms with van der Waals surface area (Å²) in [5, 5.41) is 0. The second kappa shape index (κ2) is 4.89. The van der Waals surface area contributed by atoms with Crippen molar-refractivity contribution in [2.45, 2.75) is 59.3 Å². The molecule has 0 N–H and O–H groups in total. The maximum absolute atomic E-state index is 2.41. The van der Waals surface area contributed by atoms with Gasteiger partial charge in [0.2, 0.25) is 0 Å². The van der Waals surface area contributed by atoms with E-state index in [1.807, 2.05) is 0 Å². The van der Waals surface area contributed by atoms with Gasteiger partial charge in [-0.25, -0.2) is 0 Å². The third kappa shape index (κ3) is 2.50. The lowest BCUT2D eigenvalue weighted by molar-refractivity contribution is 0.302. The molecule has 72 valence electrons. The number of hydrogen-bond donors (Lipinski definition) is 0. The predicted molar refractivity (Wildman–Crippen MR) is 55.2 cm³/mol. The first-order chi connectivity index (χ1) is 5.77. The zero-order valence-electron chi connectivity index (χ0n) is 8.97. The Kier molecular flexibility index (Phi) is 4.11. The average Bonchev–Trinajstić information content (AvgIpc) is 2.51. The first-order valence-corrected chi connectivity index (χ1v) is 5.77. The molecular formula is C12H24. The van der Waals surface area contributed by atoms with Crippen LogP contribution in [0.2, 0.25) is 0 Å². The van der Waals surface area contributed by atoms with E-state index in [9.17, 15) is 0 Å². The topological polar surface area (TPSA) is 0 Å². The van der Waals surface area contributed by atoms with Crippen LogP contribution in [0.15, 0.2) is 0 Å². The third-order valence-electron chi connectivity index (χ3n) is 3.74. The Hall–Kier alpha value is 0. The van der Waals surface area contributed by atoms with Gasteiger partial charge in [0, 0.05) is 0 Å². The van der Waals surface area contributed by atoms with Crippen LogP contribution in [0, 0.1) is 17.8 Å². The van der Waals surface area contributed by atoms with Crippen LogP contribution in [0.3, 0.4) is 0 Å². The fourth-order valence-electron chi connectivity index (χ4n) is 2.64. The highest BCUT2D eigenvalue weighted by Gasteiger charge is 2.26. The average molecular weight is 168 g/mol. The molecule has 0 spiro atoms. The molecule has 1 aliphatic rings. The predicted octanol–water partition coefficient (Wildman–Crippen LogP) is 4.25. The molecule has 0 aromatic heterocycles. The van der Waals surface area contributed by atoms with Gasteiger partial charge in [0.25, 0.3) is 0 Å². The molecule has 1 rings (SSSR count). The van der Waals surface area contributed by atoms with Gasteiger partial charge < -0.3 is 0 Å². The lowest BCUT2D eigenvalue weighted by Gasteiger charge is -2.20. The summed E-state index contributed by atoms with van der Waals surface area (Å²) < 4.78 is 0. The Labute approximate surface area is 77.7 Å². The summed E-state index contributed by atoms with van der Waals surface area (Å²) >= 11 is 0. The normalized spacial score (nSPS) is 32.2. The molecule has 0 aromatic rings. The van der Waals surface area contributed by atoms with Gasteiger partial charge in [0.05, 0.1) is 0 Å². The summed E-state index contributed by atoms with van der Waals surface area (Å²) in [4.78, 5) is 0. The van der Waals surface area contributed by atoms with E-state index in [0.29, 0.717) is 0 Å². The molecule has 0 heteroatoms. The molecule has 0 amide bonds. The van der Waals surface area contributed by atoms with Gasteiger partial charge in [0.1, 0.15) is 0 Å². The number of hydrogen-bond acceptors (Lipinski definition) is 0. The third-order valence-corrected chi connectivity index (χ3v) is 3.74. The Balaban J connectivity index is 2.30. The Morgan fingerprint density at radius 1 is 1.17 bits per heavy atom. The summed E-state index contributed by atoms with van der Waals surface area (Å²) in [7, 11) is 0. The van der Waals surface area contributed by atoms with Crippen molar-refractivity contribution in [3.63, 3.8) is 0 Å². The van der Waals surface area contributed by atoms with Crippen molar-refractivity contribution >= 4 is 0 Å². The summed E-state index contributed by atoms with van der Waals surface area (Å²) in [5.74, 6) is 3.10. The van der Waals surface area contributed by atoms with Crippen LogP contribution in [0.25, 0.3) is 0 Å². The summed E-state index contributed by atoms with van der Waals surface area (Å²) in [6, 6.07) is 0. The first-order valence-electron chi connectivity index (χ1n) is 5.77. The van der Waals surface area contributed by atoms with E-state index in [-0.39, 0.29) is 0 Å². The molecule has 0 saturated heterocycles. The van der Waals surface area contributed by atoms with Crippen molar-refractivity contribution in [2.24, 2.45) is 17.8 Å². The minimum atomic E-state index is 0.960. The molecule has 0 aliphatic heterocycles. The summed E-state index contributed by atoms with van der Waals surface area (Å²) in [6.07, 6.45) is 8.81. The number of rotatable bonds is 4. The van der Waals surface area contributed by atoms with E-state index in [1.165, 1.54) is 38.5 Å². The molecular weight excluding hydrogens is 144 g/mol. The summed E-state index contributed by atoms with van der Waals surface area (Å²) in [6.45, 7) is 7.09. The molecule has 12 heavy (non-hydrogen) atoms. The molecule has 1 fully saturated rings. The van der Waals surface area contributed by atoms with Gasteiger partial charge in [-0.3, -0.25) is 0 Å². The highest BCUT2D eigenvalue weighted by Crippen LogP contribution is 2.38. The lowest BCUT2D eigenvalue weighted by atomic mass is 9.85. The minimum Gasteiger partial charge on any atom is -0.0651 e. The quantitative estimate of drug-likeness (QED) is 0.588. The molecule has 1 saturated carbocycles. The minimum absolute atomic E-state index is 0.960. The first kappa shape index (κ1) is 10.1. The SMILES string of the molecule is CCC(C)CC1CCCC1CC. The van der Waals surface area contributed by atoms with E-state index < -0.39 is 0 Å². The van der Waals surface area contributed by atoms with Crippen LogP contribution in [0.1, 0.15) is 59.3 Å². The largest absolute Gasteiger partial charge is 0.0651 e. The molecule has 0 aromatic carbocycles. The maximum atomic E-state index is 2.41. The maximum Gasteiger partial charge on any atom is -0.0383 e. The summed E-state index contributed by atoms with van der Waals surface area (Å²) in [5.41, 5.74) is 0. The molecule has 3 atom stereocenters. The van der Waals surface area contributed by atoms with Crippen LogP contribution in [0.4, 0.5) is 0 Å². The van der Waals surface area contributed by atoms with Gasteiger partial charge in [-0.2, -0.15) is 0 Å². The van der Waals surface area contributed by atoms with Gasteiger partial charge in [0.15, 0.2) is 0 Å². The highest BCUT2D eigenvalue weighted by molar-refractivity contribution is 4.77. The fraction of sp³-hybridized carbons (Fsp3) is 1.00. The van der Waals surface area contributed by atoms with E-state index in [1.54, 1.807) is 0 Å². The van der Waals surface area contributed by atoms with Crippen molar-refractivity contribution in [2.75, 3.05) is 0 Å². The van der Waals surface area contributed by atoms with Crippen molar-refractivity contribution in [3.8, 4) is 0 Å². The molecule has 0 nitrogen and oxygen atoms in total. The zero-order valence-corrected chi connectivity index (χ0v) is 8.97. The van der Waals surface area contributed by atoms with Crippen molar-refractivity contribution in [1.82, 2.24) is 0 Å². The van der Waals surface area contributed by atoms with Gasteiger partial charge in [-0.15, -0.1) is 0 Å². The highest BCUT2D eigenvalue weighted by atomic mass is 14.3. The van der Waals surface area contributed by atoms with E-state index in [4.69, 9.17) is 0 Å². The van der Waals surface area contributed by atoms with Crippen molar-refractivity contribution in [1.29, 1.82) is 0 Å². The van der Waals surface area contributed by atoms with E-state index >= 15 is 0 Å². The van der Waals surface area contributed by atoms with Crippen LogP contribution in [-0.4, -0.2) is 0 Å². The van der Waals surface area contributed by atoms with Crippen LogP contribution >= 0.6 is 0 Å². The Morgan fingerprint density at radius 2 is 1.83 bits per heavy atom. The van der Waals surface area contributed by atoms with Gasteiger partial charge in [-0.05, 0) is 24.2 Å². The van der Waals surface area contributed by atoms with Crippen LogP contribution in [-0.2, 0) is 0 Å². The van der Waals surface area contributed by atoms with Gasteiger partial charge >= 0.3 is 0 Å². The molecule has 3 unspecified atom stereocenters. The van der Waals surface area contributed by atoms with Gasteiger partial charge in [-0.1, -0.05) is 52.9 Å². The molecule has 0 heterocycles. The lowest BCUT2D eigenvalue weighted by Crippen LogP contribution is -2.10. The molecule has 0 radical (unpaired) electrons. The van der Waals surface area contributed by atoms with Crippen LogP contribution in [0.5, 0.6) is 0 Å². The molecule has 1 aliphatic carbocycles. The van der Waals surface area contributed by atoms with Crippen molar-refractivity contribution < 1.29 is 0 Å². The fourth-order valence-corrected chi connectivity index (χ4v) is 2.64. The second-order valence-corrected chi connectivity index (χ2v) is 4.61. The molecule has 0 bridgehead atoms. The monoisotopic (exact) mass is 168 g/mol. The second-order valence-electron chi connectivity index (χ2n) is 4.61. The van der Waals surface area contributed by atoms with E-state index in [0.717, 1.165) is 17.8 Å². The Morgan fingerprint density at radius 3 is 2.42 bits per heavy atom. The zero-order chi connectivity index (χ0) is 8.97. The standard InChI is InChI=1S/C12H24/c1-4-10(3)9-12-8-6-7-11(12)5-2/h10-12H,4-9H2,1-3H3. The van der Waals surface area contributed by atoms with Crippen molar-refractivity contribution in [3.05, 3.63) is 0 Å². The smallest absolute Gasteiger partial charge is 0.0383 e.